The highest BCUT2D eigenvalue weighted by Gasteiger charge is 2.55. The lowest BCUT2D eigenvalue weighted by Crippen LogP contribution is -2.67. The molecule has 1 fully saturated rings. The van der Waals surface area contributed by atoms with Crippen molar-refractivity contribution < 1.29 is 28.6 Å². The average Bonchev–Trinajstić information content (AvgIpc) is 2.92. The predicted molar refractivity (Wildman–Crippen MR) is 138 cm³/mol. The fraction of sp³-hybridized carbons (Fsp3) is 0.161. The van der Waals surface area contributed by atoms with Crippen molar-refractivity contribution in [2.24, 2.45) is 5.92 Å². The van der Waals surface area contributed by atoms with Crippen molar-refractivity contribution in [3.63, 3.8) is 0 Å². The van der Waals surface area contributed by atoms with Crippen LogP contribution in [0.4, 0.5) is 8.78 Å². The molecule has 4 aromatic rings. The summed E-state index contributed by atoms with van der Waals surface area (Å²) in [5, 5.41) is 23.1. The number of aliphatic hydroxyl groups excluding tert-OH is 1. The minimum absolute atomic E-state index is 0.181. The number of carbonyl (C=O) groups excluding carboxylic acids is 1. The third-order valence-electron chi connectivity index (χ3n) is 7.23. The van der Waals surface area contributed by atoms with Crippen molar-refractivity contribution in [1.29, 1.82) is 0 Å². The molecule has 0 aromatic heterocycles. The molecular weight excluding hydrogens is 488 g/mol. The van der Waals surface area contributed by atoms with Crippen molar-refractivity contribution >= 4 is 11.9 Å². The summed E-state index contributed by atoms with van der Waals surface area (Å²) < 4.78 is 27.1. The van der Waals surface area contributed by atoms with Crippen molar-refractivity contribution in [3.05, 3.63) is 131 Å². The number of aromatic carboxylic acids is 1. The van der Waals surface area contributed by atoms with E-state index in [1.165, 1.54) is 42.5 Å². The molecule has 3 N–H and O–H groups in total. The quantitative estimate of drug-likeness (QED) is 0.259. The lowest BCUT2D eigenvalue weighted by Gasteiger charge is -2.50. The number of carbonyl (C=O) groups is 2. The molecule has 0 spiro atoms. The van der Waals surface area contributed by atoms with Crippen molar-refractivity contribution in [2.75, 3.05) is 0 Å². The Morgan fingerprint density at radius 3 is 2.00 bits per heavy atom. The van der Waals surface area contributed by atoms with Crippen molar-refractivity contribution in [3.8, 4) is 11.1 Å². The number of aliphatic hydroxyl groups is 1. The van der Waals surface area contributed by atoms with Crippen LogP contribution in [-0.2, 0) is 10.3 Å². The Bertz CT molecular complexity index is 1470. The van der Waals surface area contributed by atoms with Crippen LogP contribution < -0.4 is 5.32 Å². The van der Waals surface area contributed by atoms with Crippen LogP contribution in [0.2, 0.25) is 0 Å². The first-order chi connectivity index (χ1) is 18.3. The van der Waals surface area contributed by atoms with Gasteiger partial charge in [-0.3, -0.25) is 4.79 Å². The van der Waals surface area contributed by atoms with Crippen LogP contribution in [0.3, 0.4) is 0 Å². The minimum atomic E-state index is -1.01. The first kappa shape index (κ1) is 25.3. The van der Waals surface area contributed by atoms with Crippen LogP contribution >= 0.6 is 0 Å². The molecule has 0 aliphatic carbocycles. The highest BCUT2D eigenvalue weighted by molar-refractivity contribution is 5.91. The molecule has 3 atom stereocenters. The second-order valence-corrected chi connectivity index (χ2v) is 9.46. The Balaban J connectivity index is 1.47. The van der Waals surface area contributed by atoms with Gasteiger partial charge >= 0.3 is 5.97 Å². The molecule has 0 saturated carbocycles. The van der Waals surface area contributed by atoms with Gasteiger partial charge in [0, 0.05) is 0 Å². The largest absolute Gasteiger partial charge is 0.478 e. The molecule has 1 heterocycles. The van der Waals surface area contributed by atoms with E-state index in [-0.39, 0.29) is 17.9 Å². The lowest BCUT2D eigenvalue weighted by molar-refractivity contribution is -0.140. The molecule has 0 unspecified atom stereocenters. The molecule has 0 radical (unpaired) electrons. The summed E-state index contributed by atoms with van der Waals surface area (Å²) in [6.07, 6.45) is -0.268. The first-order valence-electron chi connectivity index (χ1n) is 12.2. The predicted octanol–water partition coefficient (Wildman–Crippen LogP) is 5.83. The number of hydrogen-bond acceptors (Lipinski definition) is 3. The summed E-state index contributed by atoms with van der Waals surface area (Å²) >= 11 is 0. The van der Waals surface area contributed by atoms with Crippen LogP contribution in [0.15, 0.2) is 97.1 Å². The topological polar surface area (TPSA) is 86.6 Å². The number of halogens is 2. The van der Waals surface area contributed by atoms with Gasteiger partial charge in [0.2, 0.25) is 5.91 Å². The maximum absolute atomic E-state index is 13.8. The molecule has 0 bridgehead atoms. The van der Waals surface area contributed by atoms with Crippen molar-refractivity contribution in [2.45, 2.75) is 24.5 Å². The highest BCUT2D eigenvalue weighted by atomic mass is 19.1. The van der Waals surface area contributed by atoms with E-state index in [9.17, 15) is 28.6 Å². The van der Waals surface area contributed by atoms with Gasteiger partial charge in [-0.15, -0.1) is 0 Å². The standard InChI is InChI=1S/C31H25F2NO4/c32-25-12-6-20(7-13-25)28(35)17-16-27-29(36)34-31(27,24-10-14-26(33)15-11-24)23-8-4-19(5-9-23)21-2-1-3-22(18-21)30(37)38/h1-15,18,27-28,35H,16-17H2,(H,34,36)(H,37,38)/t27-,28-,31-/m0/s1. The van der Waals surface area contributed by atoms with Crippen molar-refractivity contribution in [1.82, 2.24) is 5.32 Å². The van der Waals surface area contributed by atoms with E-state index in [1.54, 1.807) is 24.3 Å². The van der Waals surface area contributed by atoms with E-state index < -0.39 is 35.2 Å². The van der Waals surface area contributed by atoms with Crippen LogP contribution in [0.5, 0.6) is 0 Å². The fourth-order valence-corrected chi connectivity index (χ4v) is 5.19. The number of carboxylic acid groups (broad SMARTS) is 1. The molecule has 1 amide bonds. The Morgan fingerprint density at radius 2 is 1.42 bits per heavy atom. The van der Waals surface area contributed by atoms with E-state index in [0.717, 1.165) is 16.7 Å². The summed E-state index contributed by atoms with van der Waals surface area (Å²) in [5.41, 5.74) is 2.84. The lowest BCUT2D eigenvalue weighted by atomic mass is 9.64. The number of carboxylic acids is 1. The van der Waals surface area contributed by atoms with Gasteiger partial charge in [-0.05, 0) is 77.1 Å². The number of β-lactam (4-membered cyclic amide) rings is 1. The van der Waals surface area contributed by atoms with E-state index in [2.05, 4.69) is 5.32 Å². The zero-order chi connectivity index (χ0) is 26.9. The monoisotopic (exact) mass is 513 g/mol. The molecule has 1 aliphatic heterocycles. The molecule has 1 aliphatic rings. The SMILES string of the molecule is O=C(O)c1cccc(-c2ccc([C@@]3(c4ccc(F)cc4)NC(=O)[C@@H]3CC[C@H](O)c3ccc(F)cc3)cc2)c1. The van der Waals surface area contributed by atoms with Gasteiger partial charge in [0.05, 0.1) is 17.6 Å². The van der Waals surface area contributed by atoms with Gasteiger partial charge in [0.25, 0.3) is 0 Å². The third-order valence-corrected chi connectivity index (χ3v) is 7.23. The van der Waals surface area contributed by atoms with Crippen LogP contribution in [0, 0.1) is 17.6 Å². The molecule has 4 aromatic carbocycles. The summed E-state index contributed by atoms with van der Waals surface area (Å²) in [6, 6.07) is 25.7. The molecule has 7 heteroatoms. The molecular formula is C31H25F2NO4. The van der Waals surface area contributed by atoms with Gasteiger partial charge in [-0.1, -0.05) is 60.7 Å². The van der Waals surface area contributed by atoms with Gasteiger partial charge in [0.15, 0.2) is 0 Å². The first-order valence-corrected chi connectivity index (χ1v) is 12.2. The van der Waals surface area contributed by atoms with E-state index in [1.807, 2.05) is 30.3 Å². The smallest absolute Gasteiger partial charge is 0.335 e. The zero-order valence-electron chi connectivity index (χ0n) is 20.3. The molecule has 5 nitrogen and oxygen atoms in total. The van der Waals surface area contributed by atoms with Crippen LogP contribution in [0.25, 0.3) is 11.1 Å². The molecule has 192 valence electrons. The second kappa shape index (κ2) is 10.2. The van der Waals surface area contributed by atoms with Gasteiger partial charge in [-0.2, -0.15) is 0 Å². The summed E-state index contributed by atoms with van der Waals surface area (Å²) in [5.74, 6) is -2.52. The Labute approximate surface area is 218 Å². The van der Waals surface area contributed by atoms with E-state index >= 15 is 0 Å². The summed E-state index contributed by atoms with van der Waals surface area (Å²) in [4.78, 5) is 24.2. The summed E-state index contributed by atoms with van der Waals surface area (Å²) in [7, 11) is 0. The zero-order valence-corrected chi connectivity index (χ0v) is 20.3. The Kier molecular flexibility index (Phi) is 6.78. The Morgan fingerprint density at radius 1 is 0.842 bits per heavy atom. The number of hydrogen-bond donors (Lipinski definition) is 3. The minimum Gasteiger partial charge on any atom is -0.478 e. The number of nitrogens with one attached hydrogen (secondary N) is 1. The Hall–Kier alpha value is -4.36. The maximum atomic E-state index is 13.8. The van der Waals surface area contributed by atoms with Gasteiger partial charge in [-0.25, -0.2) is 13.6 Å². The molecule has 38 heavy (non-hydrogen) atoms. The normalized spacial score (nSPS) is 19.3. The van der Waals surface area contributed by atoms with E-state index in [0.29, 0.717) is 17.5 Å². The maximum Gasteiger partial charge on any atom is 0.335 e. The molecule has 1 saturated heterocycles. The summed E-state index contributed by atoms with van der Waals surface area (Å²) in [6.45, 7) is 0. The molecule has 5 rings (SSSR count). The van der Waals surface area contributed by atoms with Crippen LogP contribution in [-0.4, -0.2) is 22.1 Å². The number of benzene rings is 4. The fourth-order valence-electron chi connectivity index (χ4n) is 5.19. The highest BCUT2D eigenvalue weighted by Crippen LogP contribution is 2.47. The third kappa shape index (κ3) is 4.68. The van der Waals surface area contributed by atoms with Gasteiger partial charge < -0.3 is 15.5 Å². The van der Waals surface area contributed by atoms with Gasteiger partial charge in [0.1, 0.15) is 17.2 Å². The van der Waals surface area contributed by atoms with Crippen LogP contribution in [0.1, 0.15) is 46.0 Å². The average molecular weight is 514 g/mol. The van der Waals surface area contributed by atoms with E-state index in [4.69, 9.17) is 0 Å². The number of amides is 1. The number of rotatable bonds is 8. The second-order valence-electron chi connectivity index (χ2n) is 9.46.